The number of H-pyrrole nitrogens is 1. The highest BCUT2D eigenvalue weighted by Gasteiger charge is 2.20. The average Bonchev–Trinajstić information content (AvgIpc) is 3.32. The van der Waals surface area contributed by atoms with Crippen LogP contribution < -0.4 is 10.1 Å². The molecule has 1 atom stereocenters. The predicted octanol–water partition coefficient (Wildman–Crippen LogP) is 3.10. The standard InChI is InChI=1S/C19H25ClN4O2/c1-2-17(19(25)21-9-12-24-10-3-4-11-24)26-18-13-16(22-23-18)14-5-7-15(20)8-6-14/h5-8,13,17H,2-4,9-12H2,1H3,(H,21,25)(H,22,23). The van der Waals surface area contributed by atoms with Crippen molar-refractivity contribution in [3.63, 3.8) is 0 Å². The molecule has 1 aliphatic rings. The number of carbonyl (C=O) groups is 1. The number of nitrogens with one attached hydrogen (secondary N) is 2. The van der Waals surface area contributed by atoms with Gasteiger partial charge >= 0.3 is 0 Å². The number of aromatic nitrogens is 2. The second-order valence-corrected chi connectivity index (χ2v) is 6.92. The summed E-state index contributed by atoms with van der Waals surface area (Å²) in [5, 5.41) is 10.7. The van der Waals surface area contributed by atoms with Gasteiger partial charge < -0.3 is 15.0 Å². The summed E-state index contributed by atoms with van der Waals surface area (Å²) in [6.07, 6.45) is 2.54. The molecule has 2 N–H and O–H groups in total. The van der Waals surface area contributed by atoms with Gasteiger partial charge in [-0.05, 0) is 50.0 Å². The molecule has 0 saturated carbocycles. The minimum Gasteiger partial charge on any atom is -0.463 e. The quantitative estimate of drug-likeness (QED) is 0.742. The van der Waals surface area contributed by atoms with Gasteiger partial charge in [0.15, 0.2) is 6.10 Å². The van der Waals surface area contributed by atoms with E-state index in [1.54, 1.807) is 6.07 Å². The first-order valence-corrected chi connectivity index (χ1v) is 9.51. The minimum atomic E-state index is -0.546. The number of carbonyl (C=O) groups excluding carboxylic acids is 1. The lowest BCUT2D eigenvalue weighted by Crippen LogP contribution is -2.41. The van der Waals surface area contributed by atoms with Crippen LogP contribution in [-0.2, 0) is 4.79 Å². The van der Waals surface area contributed by atoms with Crippen molar-refractivity contribution in [2.75, 3.05) is 26.2 Å². The normalized spacial score (nSPS) is 15.8. The highest BCUT2D eigenvalue weighted by atomic mass is 35.5. The van der Waals surface area contributed by atoms with Crippen LogP contribution in [0.25, 0.3) is 11.3 Å². The molecule has 1 saturated heterocycles. The van der Waals surface area contributed by atoms with Crippen LogP contribution in [0, 0.1) is 0 Å². The number of nitrogens with zero attached hydrogens (tertiary/aromatic N) is 2. The SMILES string of the molecule is CCC(Oc1cc(-c2ccc(Cl)cc2)[nH]n1)C(=O)NCCN1CCCC1. The van der Waals surface area contributed by atoms with E-state index in [0.717, 1.165) is 30.9 Å². The topological polar surface area (TPSA) is 70.2 Å². The molecule has 1 amide bonds. The maximum absolute atomic E-state index is 12.4. The molecule has 7 heteroatoms. The minimum absolute atomic E-state index is 0.0947. The zero-order chi connectivity index (χ0) is 18.4. The largest absolute Gasteiger partial charge is 0.463 e. The first-order chi connectivity index (χ1) is 12.7. The molecular formula is C19H25ClN4O2. The third-order valence-corrected chi connectivity index (χ3v) is 4.81. The summed E-state index contributed by atoms with van der Waals surface area (Å²) in [4.78, 5) is 14.7. The van der Waals surface area contributed by atoms with E-state index >= 15 is 0 Å². The van der Waals surface area contributed by atoms with E-state index in [1.165, 1.54) is 12.8 Å². The highest BCUT2D eigenvalue weighted by molar-refractivity contribution is 6.30. The van der Waals surface area contributed by atoms with Crippen LogP contribution in [0.15, 0.2) is 30.3 Å². The van der Waals surface area contributed by atoms with Gasteiger partial charge in [-0.25, -0.2) is 0 Å². The molecule has 3 rings (SSSR count). The van der Waals surface area contributed by atoms with Gasteiger partial charge in [0.1, 0.15) is 0 Å². The third-order valence-electron chi connectivity index (χ3n) is 4.56. The number of likely N-dealkylation sites (tertiary alicyclic amines) is 1. The number of rotatable bonds is 8. The lowest BCUT2D eigenvalue weighted by molar-refractivity contribution is -0.128. The maximum Gasteiger partial charge on any atom is 0.261 e. The molecule has 0 spiro atoms. The van der Waals surface area contributed by atoms with E-state index in [1.807, 2.05) is 31.2 Å². The van der Waals surface area contributed by atoms with Crippen LogP contribution in [0.2, 0.25) is 5.02 Å². The van der Waals surface area contributed by atoms with Crippen molar-refractivity contribution in [3.8, 4) is 17.1 Å². The Morgan fingerprint density at radius 1 is 1.35 bits per heavy atom. The molecule has 1 aliphatic heterocycles. The summed E-state index contributed by atoms with van der Waals surface area (Å²) in [6, 6.07) is 9.25. The Bertz CT molecular complexity index is 711. The molecule has 0 bridgehead atoms. The highest BCUT2D eigenvalue weighted by Crippen LogP contribution is 2.23. The van der Waals surface area contributed by atoms with E-state index in [9.17, 15) is 4.79 Å². The molecule has 1 fully saturated rings. The van der Waals surface area contributed by atoms with Crippen molar-refractivity contribution in [1.82, 2.24) is 20.4 Å². The Balaban J connectivity index is 1.52. The van der Waals surface area contributed by atoms with Crippen molar-refractivity contribution in [1.29, 1.82) is 0 Å². The summed E-state index contributed by atoms with van der Waals surface area (Å²) in [5.41, 5.74) is 1.78. The van der Waals surface area contributed by atoms with Gasteiger partial charge in [0.25, 0.3) is 5.91 Å². The smallest absolute Gasteiger partial charge is 0.261 e. The van der Waals surface area contributed by atoms with Gasteiger partial charge in [0, 0.05) is 24.2 Å². The molecule has 1 aromatic carbocycles. The Kier molecular flexibility index (Phi) is 6.52. The molecule has 2 heterocycles. The summed E-state index contributed by atoms with van der Waals surface area (Å²) >= 11 is 5.91. The molecule has 2 aromatic rings. The van der Waals surface area contributed by atoms with Gasteiger partial charge in [0.2, 0.25) is 5.88 Å². The number of hydrogen-bond donors (Lipinski definition) is 2. The van der Waals surface area contributed by atoms with Crippen molar-refractivity contribution in [3.05, 3.63) is 35.4 Å². The van der Waals surface area contributed by atoms with E-state index in [-0.39, 0.29) is 5.91 Å². The Morgan fingerprint density at radius 3 is 2.77 bits per heavy atom. The van der Waals surface area contributed by atoms with Gasteiger partial charge in [-0.15, -0.1) is 5.10 Å². The maximum atomic E-state index is 12.4. The summed E-state index contributed by atoms with van der Waals surface area (Å²) < 4.78 is 5.78. The number of hydrogen-bond acceptors (Lipinski definition) is 4. The molecule has 140 valence electrons. The second-order valence-electron chi connectivity index (χ2n) is 6.48. The molecule has 1 unspecified atom stereocenters. The summed E-state index contributed by atoms with van der Waals surface area (Å²) in [5.74, 6) is 0.319. The van der Waals surface area contributed by atoms with Crippen LogP contribution in [0.3, 0.4) is 0 Å². The lowest BCUT2D eigenvalue weighted by Gasteiger charge is -2.18. The van der Waals surface area contributed by atoms with Gasteiger partial charge in [-0.2, -0.15) is 0 Å². The zero-order valence-electron chi connectivity index (χ0n) is 15.0. The number of halogens is 1. The fourth-order valence-corrected chi connectivity index (χ4v) is 3.19. The van der Waals surface area contributed by atoms with E-state index < -0.39 is 6.10 Å². The van der Waals surface area contributed by atoms with Gasteiger partial charge in [0.05, 0.1) is 5.69 Å². The predicted molar refractivity (Wildman–Crippen MR) is 102 cm³/mol. The summed E-state index contributed by atoms with van der Waals surface area (Å²) in [7, 11) is 0. The van der Waals surface area contributed by atoms with E-state index in [4.69, 9.17) is 16.3 Å². The van der Waals surface area contributed by atoms with Gasteiger partial charge in [-0.1, -0.05) is 30.7 Å². The molecule has 6 nitrogen and oxygen atoms in total. The third kappa shape index (κ3) is 4.99. The van der Waals surface area contributed by atoms with Crippen LogP contribution in [0.1, 0.15) is 26.2 Å². The molecule has 0 radical (unpaired) electrons. The molecule has 0 aliphatic carbocycles. The molecule has 26 heavy (non-hydrogen) atoms. The monoisotopic (exact) mass is 376 g/mol. The summed E-state index contributed by atoms with van der Waals surface area (Å²) in [6.45, 7) is 5.73. The first-order valence-electron chi connectivity index (χ1n) is 9.14. The van der Waals surface area contributed by atoms with Crippen LogP contribution in [0.5, 0.6) is 5.88 Å². The van der Waals surface area contributed by atoms with Crippen molar-refractivity contribution in [2.45, 2.75) is 32.3 Å². The lowest BCUT2D eigenvalue weighted by atomic mass is 10.1. The van der Waals surface area contributed by atoms with Crippen LogP contribution >= 0.6 is 11.6 Å². The van der Waals surface area contributed by atoms with Crippen LogP contribution in [0.4, 0.5) is 0 Å². The van der Waals surface area contributed by atoms with Crippen molar-refractivity contribution < 1.29 is 9.53 Å². The number of amides is 1. The molecule has 1 aromatic heterocycles. The molecular weight excluding hydrogens is 352 g/mol. The van der Waals surface area contributed by atoms with E-state index in [0.29, 0.717) is 23.9 Å². The first kappa shape index (κ1) is 18.7. The fraction of sp³-hybridized carbons (Fsp3) is 0.474. The Hall–Kier alpha value is -2.05. The van der Waals surface area contributed by atoms with Crippen molar-refractivity contribution >= 4 is 17.5 Å². The van der Waals surface area contributed by atoms with Gasteiger partial charge in [-0.3, -0.25) is 9.89 Å². The number of aromatic amines is 1. The van der Waals surface area contributed by atoms with Crippen LogP contribution in [-0.4, -0.2) is 53.3 Å². The Labute approximate surface area is 158 Å². The number of benzene rings is 1. The fourth-order valence-electron chi connectivity index (χ4n) is 3.07. The zero-order valence-corrected chi connectivity index (χ0v) is 15.8. The second kappa shape index (κ2) is 9.05. The van der Waals surface area contributed by atoms with E-state index in [2.05, 4.69) is 20.4 Å². The number of ether oxygens (including phenoxy) is 1. The average molecular weight is 377 g/mol. The Morgan fingerprint density at radius 2 is 2.08 bits per heavy atom. The van der Waals surface area contributed by atoms with Crippen molar-refractivity contribution in [2.24, 2.45) is 0 Å².